The first kappa shape index (κ1) is 16.5. The molecule has 0 radical (unpaired) electrons. The van der Waals surface area contributed by atoms with E-state index in [9.17, 15) is 4.79 Å². The molecule has 0 aliphatic carbocycles. The van der Waals surface area contributed by atoms with Gasteiger partial charge in [-0.15, -0.1) is 0 Å². The molecule has 0 saturated heterocycles. The third kappa shape index (κ3) is 4.29. The molecule has 0 aliphatic heterocycles. The van der Waals surface area contributed by atoms with E-state index < -0.39 is 0 Å². The topological polar surface area (TPSA) is 50.4 Å². The Kier molecular flexibility index (Phi) is 5.52. The van der Waals surface area contributed by atoms with E-state index in [1.165, 1.54) is 0 Å². The maximum atomic E-state index is 12.1. The zero-order chi connectivity index (χ0) is 16.1. The molecule has 0 aromatic heterocycles. The number of rotatable bonds is 5. The second-order valence-electron chi connectivity index (χ2n) is 4.73. The molecule has 0 fully saturated rings. The van der Waals surface area contributed by atoms with Crippen molar-refractivity contribution >= 4 is 40.5 Å². The number of hydrogen-bond acceptors (Lipinski definition) is 3. The first-order valence-electron chi connectivity index (χ1n) is 6.63. The number of ether oxygens (including phenoxy) is 1. The number of methoxy groups -OCH3 is 1. The molecule has 0 spiro atoms. The minimum atomic E-state index is -0.208. The van der Waals surface area contributed by atoms with Crippen LogP contribution in [-0.2, 0) is 4.79 Å². The molecule has 0 atom stereocenters. The lowest BCUT2D eigenvalue weighted by molar-refractivity contribution is -0.114. The Morgan fingerprint density at radius 2 is 1.91 bits per heavy atom. The fourth-order valence-corrected chi connectivity index (χ4v) is 2.28. The maximum absolute atomic E-state index is 12.1. The largest absolute Gasteiger partial charge is 0.495 e. The van der Waals surface area contributed by atoms with Gasteiger partial charge in [-0.2, -0.15) is 0 Å². The summed E-state index contributed by atoms with van der Waals surface area (Å²) in [7, 11) is 1.56. The molecule has 6 heteroatoms. The molecule has 2 aromatic carbocycles. The SMILES string of the molecule is COc1ccc(C)cc1NC(=O)CNc1cc(Cl)ccc1Cl. The van der Waals surface area contributed by atoms with E-state index in [1.807, 2.05) is 25.1 Å². The van der Waals surface area contributed by atoms with Crippen LogP contribution in [-0.4, -0.2) is 19.6 Å². The smallest absolute Gasteiger partial charge is 0.243 e. The van der Waals surface area contributed by atoms with Crippen molar-refractivity contribution in [1.82, 2.24) is 0 Å². The summed E-state index contributed by atoms with van der Waals surface area (Å²) in [6, 6.07) is 10.6. The minimum Gasteiger partial charge on any atom is -0.495 e. The van der Waals surface area contributed by atoms with Gasteiger partial charge in [0.1, 0.15) is 5.75 Å². The van der Waals surface area contributed by atoms with Crippen LogP contribution < -0.4 is 15.4 Å². The van der Waals surface area contributed by atoms with Crippen LogP contribution in [0.1, 0.15) is 5.56 Å². The molecule has 1 amide bonds. The number of halogens is 2. The lowest BCUT2D eigenvalue weighted by atomic mass is 10.2. The van der Waals surface area contributed by atoms with Gasteiger partial charge in [0.05, 0.1) is 30.1 Å². The Hall–Kier alpha value is -1.91. The summed E-state index contributed by atoms with van der Waals surface area (Å²) in [6.45, 7) is 2.01. The first-order chi connectivity index (χ1) is 10.5. The third-order valence-corrected chi connectivity index (χ3v) is 3.56. The number of amides is 1. The van der Waals surface area contributed by atoms with Gasteiger partial charge in [0.25, 0.3) is 0 Å². The molecule has 2 rings (SSSR count). The lowest BCUT2D eigenvalue weighted by Gasteiger charge is -2.12. The molecule has 0 unspecified atom stereocenters. The van der Waals surface area contributed by atoms with Crippen LogP contribution in [0.4, 0.5) is 11.4 Å². The van der Waals surface area contributed by atoms with Crippen LogP contribution in [0.15, 0.2) is 36.4 Å². The Balaban J connectivity index is 2.01. The number of benzene rings is 2. The zero-order valence-corrected chi connectivity index (χ0v) is 13.8. The standard InChI is InChI=1S/C16H16Cl2N2O2/c1-10-3-6-15(22-2)14(7-10)20-16(21)9-19-13-8-11(17)4-5-12(13)18/h3-8,19H,9H2,1-2H3,(H,20,21). The number of hydrogen-bond donors (Lipinski definition) is 2. The van der Waals surface area contributed by atoms with Gasteiger partial charge >= 0.3 is 0 Å². The van der Waals surface area contributed by atoms with Gasteiger partial charge in [0, 0.05) is 5.02 Å². The number of aryl methyl sites for hydroxylation is 1. The van der Waals surface area contributed by atoms with E-state index in [0.717, 1.165) is 5.56 Å². The van der Waals surface area contributed by atoms with Gasteiger partial charge in [0.15, 0.2) is 0 Å². The Labute approximate surface area is 139 Å². The van der Waals surface area contributed by atoms with Gasteiger partial charge in [-0.1, -0.05) is 29.3 Å². The van der Waals surface area contributed by atoms with Crippen LogP contribution in [0.3, 0.4) is 0 Å². The van der Waals surface area contributed by atoms with Crippen molar-refractivity contribution in [3.63, 3.8) is 0 Å². The summed E-state index contributed by atoms with van der Waals surface area (Å²) in [6.07, 6.45) is 0. The highest BCUT2D eigenvalue weighted by Crippen LogP contribution is 2.26. The van der Waals surface area contributed by atoms with Crippen molar-refractivity contribution in [2.45, 2.75) is 6.92 Å². The monoisotopic (exact) mass is 338 g/mol. The van der Waals surface area contributed by atoms with Crippen LogP contribution in [0.5, 0.6) is 5.75 Å². The highest BCUT2D eigenvalue weighted by Gasteiger charge is 2.09. The van der Waals surface area contributed by atoms with Gasteiger partial charge in [-0.25, -0.2) is 0 Å². The van der Waals surface area contributed by atoms with Crippen molar-refractivity contribution in [3.8, 4) is 5.75 Å². The van der Waals surface area contributed by atoms with Crippen LogP contribution >= 0.6 is 23.2 Å². The first-order valence-corrected chi connectivity index (χ1v) is 7.38. The Morgan fingerprint density at radius 1 is 1.14 bits per heavy atom. The van der Waals surface area contributed by atoms with Gasteiger partial charge in [-0.05, 0) is 42.8 Å². The van der Waals surface area contributed by atoms with E-state index in [-0.39, 0.29) is 12.5 Å². The molecule has 2 N–H and O–H groups in total. The second-order valence-corrected chi connectivity index (χ2v) is 5.57. The van der Waals surface area contributed by atoms with Crippen molar-refractivity contribution in [2.24, 2.45) is 0 Å². The molecule has 116 valence electrons. The molecule has 0 saturated carbocycles. The van der Waals surface area contributed by atoms with E-state index in [1.54, 1.807) is 25.3 Å². The van der Waals surface area contributed by atoms with Crippen LogP contribution in [0.2, 0.25) is 10.0 Å². The average Bonchev–Trinajstić information content (AvgIpc) is 2.48. The third-order valence-electron chi connectivity index (χ3n) is 3.00. The van der Waals surface area contributed by atoms with Gasteiger partial charge in [0.2, 0.25) is 5.91 Å². The summed E-state index contributed by atoms with van der Waals surface area (Å²) >= 11 is 11.9. The fourth-order valence-electron chi connectivity index (χ4n) is 1.92. The lowest BCUT2D eigenvalue weighted by Crippen LogP contribution is -2.22. The highest BCUT2D eigenvalue weighted by atomic mass is 35.5. The molecule has 0 heterocycles. The van der Waals surface area contributed by atoms with Crippen LogP contribution in [0.25, 0.3) is 0 Å². The van der Waals surface area contributed by atoms with Crippen molar-refractivity contribution < 1.29 is 9.53 Å². The minimum absolute atomic E-state index is 0.0666. The zero-order valence-electron chi connectivity index (χ0n) is 12.2. The van der Waals surface area contributed by atoms with E-state index >= 15 is 0 Å². The summed E-state index contributed by atoms with van der Waals surface area (Å²) < 4.78 is 5.23. The summed E-state index contributed by atoms with van der Waals surface area (Å²) in [4.78, 5) is 12.1. The number of nitrogens with one attached hydrogen (secondary N) is 2. The molecule has 0 aliphatic rings. The second kappa shape index (κ2) is 7.38. The van der Waals surface area contributed by atoms with Crippen molar-refractivity contribution in [1.29, 1.82) is 0 Å². The van der Waals surface area contributed by atoms with Crippen molar-refractivity contribution in [2.75, 3.05) is 24.3 Å². The highest BCUT2D eigenvalue weighted by molar-refractivity contribution is 6.35. The van der Waals surface area contributed by atoms with E-state index in [4.69, 9.17) is 27.9 Å². The normalized spacial score (nSPS) is 10.2. The van der Waals surface area contributed by atoms with E-state index in [2.05, 4.69) is 10.6 Å². The molecule has 0 bridgehead atoms. The van der Waals surface area contributed by atoms with Gasteiger partial charge in [-0.3, -0.25) is 4.79 Å². The summed E-state index contributed by atoms with van der Waals surface area (Å²) in [5, 5.41) is 6.81. The number of carbonyl (C=O) groups excluding carboxylic acids is 1. The molecule has 22 heavy (non-hydrogen) atoms. The Bertz CT molecular complexity index is 690. The quantitative estimate of drug-likeness (QED) is 0.851. The predicted octanol–water partition coefficient (Wildman–Crippen LogP) is 4.36. The summed E-state index contributed by atoms with van der Waals surface area (Å²) in [5.41, 5.74) is 2.27. The fraction of sp³-hybridized carbons (Fsp3) is 0.188. The molecule has 4 nitrogen and oxygen atoms in total. The van der Waals surface area contributed by atoms with Crippen molar-refractivity contribution in [3.05, 3.63) is 52.0 Å². The molecular weight excluding hydrogens is 323 g/mol. The number of carbonyl (C=O) groups is 1. The summed E-state index contributed by atoms with van der Waals surface area (Å²) in [5.74, 6) is 0.402. The Morgan fingerprint density at radius 3 is 2.64 bits per heavy atom. The molecular formula is C16H16Cl2N2O2. The maximum Gasteiger partial charge on any atom is 0.243 e. The number of anilines is 2. The molecule has 2 aromatic rings. The van der Waals surface area contributed by atoms with E-state index in [0.29, 0.717) is 27.2 Å². The van der Waals surface area contributed by atoms with Crippen LogP contribution in [0, 0.1) is 6.92 Å². The average molecular weight is 339 g/mol. The predicted molar refractivity (Wildman–Crippen MR) is 91.3 cm³/mol. The van der Waals surface area contributed by atoms with Gasteiger partial charge < -0.3 is 15.4 Å².